The monoisotopic (exact) mass is 271 g/mol. The van der Waals surface area contributed by atoms with Crippen LogP contribution >= 0.6 is 11.6 Å². The fourth-order valence-corrected chi connectivity index (χ4v) is 2.07. The minimum atomic E-state index is -0.840. The van der Waals surface area contributed by atoms with Crippen LogP contribution in [0.3, 0.4) is 0 Å². The molecule has 2 rings (SSSR count). The average molecular weight is 272 g/mol. The highest BCUT2D eigenvalue weighted by molar-refractivity contribution is 6.29. The molecule has 0 radical (unpaired) electrons. The predicted octanol–water partition coefficient (Wildman–Crippen LogP) is 1.28. The maximum Gasteiger partial charge on any atom is 0.135 e. The molecule has 1 N–H and O–H groups in total. The largest absolute Gasteiger partial charge is 0.390 e. The molecule has 5 nitrogen and oxygen atoms in total. The molecule has 1 aromatic rings. The number of anilines is 1. The Labute approximate surface area is 112 Å². The van der Waals surface area contributed by atoms with Crippen LogP contribution in [-0.2, 0) is 11.2 Å². The summed E-state index contributed by atoms with van der Waals surface area (Å²) in [6, 6.07) is 1.75. The lowest BCUT2D eigenvalue weighted by Crippen LogP contribution is -2.37. The molecule has 0 atom stereocenters. The molecule has 1 aromatic heterocycles. The molecule has 0 spiro atoms. The molecule has 0 unspecified atom stereocenters. The second kappa shape index (κ2) is 5.38. The van der Waals surface area contributed by atoms with Crippen LogP contribution in [0, 0.1) is 0 Å². The summed E-state index contributed by atoms with van der Waals surface area (Å²) in [5.41, 5.74) is -0.840. The van der Waals surface area contributed by atoms with Crippen molar-refractivity contribution in [1.82, 2.24) is 9.97 Å². The van der Waals surface area contributed by atoms with Gasteiger partial charge in [0.05, 0.1) is 18.8 Å². The summed E-state index contributed by atoms with van der Waals surface area (Å²) in [7, 11) is 0. The highest BCUT2D eigenvalue weighted by atomic mass is 35.5. The van der Waals surface area contributed by atoms with E-state index in [4.69, 9.17) is 16.3 Å². The molecule has 1 aliphatic heterocycles. The number of rotatable bonds is 3. The first-order valence-corrected chi connectivity index (χ1v) is 6.40. The summed E-state index contributed by atoms with van der Waals surface area (Å²) in [5.74, 6) is 1.37. The Bertz CT molecular complexity index is 414. The maximum atomic E-state index is 9.81. The van der Waals surface area contributed by atoms with E-state index >= 15 is 0 Å². The Morgan fingerprint density at radius 3 is 2.67 bits per heavy atom. The lowest BCUT2D eigenvalue weighted by molar-refractivity contribution is 0.0787. The van der Waals surface area contributed by atoms with Crippen LogP contribution in [0.15, 0.2) is 6.07 Å². The van der Waals surface area contributed by atoms with Crippen molar-refractivity contribution in [3.8, 4) is 0 Å². The van der Waals surface area contributed by atoms with Crippen molar-refractivity contribution < 1.29 is 9.84 Å². The van der Waals surface area contributed by atoms with Gasteiger partial charge < -0.3 is 14.7 Å². The van der Waals surface area contributed by atoms with Gasteiger partial charge in [-0.15, -0.1) is 0 Å². The first-order valence-electron chi connectivity index (χ1n) is 6.02. The topological polar surface area (TPSA) is 58.5 Å². The minimum Gasteiger partial charge on any atom is -0.390 e. The second-order valence-electron chi connectivity index (χ2n) is 5.05. The summed E-state index contributed by atoms with van der Waals surface area (Å²) < 4.78 is 5.30. The molecule has 0 aromatic carbocycles. The van der Waals surface area contributed by atoms with Gasteiger partial charge in [-0.2, -0.15) is 0 Å². The number of aromatic nitrogens is 2. The molecule has 0 bridgehead atoms. The summed E-state index contributed by atoms with van der Waals surface area (Å²) in [4.78, 5) is 10.7. The third kappa shape index (κ3) is 3.80. The number of halogens is 1. The Kier molecular flexibility index (Phi) is 4.04. The van der Waals surface area contributed by atoms with Crippen LogP contribution in [0.5, 0.6) is 0 Å². The van der Waals surface area contributed by atoms with Gasteiger partial charge in [0.2, 0.25) is 0 Å². The Balaban J connectivity index is 2.20. The Morgan fingerprint density at radius 1 is 1.39 bits per heavy atom. The third-order valence-electron chi connectivity index (χ3n) is 2.65. The van der Waals surface area contributed by atoms with Crippen LogP contribution in [0.1, 0.15) is 19.7 Å². The maximum absolute atomic E-state index is 9.81. The highest BCUT2D eigenvalue weighted by Gasteiger charge is 2.19. The smallest absolute Gasteiger partial charge is 0.135 e. The van der Waals surface area contributed by atoms with Crippen molar-refractivity contribution in [2.45, 2.75) is 25.9 Å². The van der Waals surface area contributed by atoms with Crippen molar-refractivity contribution in [2.75, 3.05) is 31.2 Å². The Morgan fingerprint density at radius 2 is 2.06 bits per heavy atom. The number of hydrogen-bond donors (Lipinski definition) is 1. The van der Waals surface area contributed by atoms with Crippen LogP contribution in [0.2, 0.25) is 5.15 Å². The second-order valence-corrected chi connectivity index (χ2v) is 5.44. The first kappa shape index (κ1) is 13.5. The minimum absolute atomic E-state index is 0.380. The van der Waals surface area contributed by atoms with Crippen LogP contribution in [-0.4, -0.2) is 47.0 Å². The molecule has 6 heteroatoms. The molecule has 0 aliphatic carbocycles. The van der Waals surface area contributed by atoms with E-state index < -0.39 is 5.60 Å². The number of aliphatic hydroxyl groups is 1. The van der Waals surface area contributed by atoms with Crippen molar-refractivity contribution in [3.63, 3.8) is 0 Å². The van der Waals surface area contributed by atoms with Crippen molar-refractivity contribution >= 4 is 17.4 Å². The molecule has 1 fully saturated rings. The van der Waals surface area contributed by atoms with E-state index in [1.54, 1.807) is 19.9 Å². The molecular formula is C12H18ClN3O2. The first-order chi connectivity index (χ1) is 8.44. The average Bonchev–Trinajstić information content (AvgIpc) is 2.27. The van der Waals surface area contributed by atoms with E-state index in [2.05, 4.69) is 14.9 Å². The van der Waals surface area contributed by atoms with Gasteiger partial charge in [-0.25, -0.2) is 9.97 Å². The standard InChI is InChI=1S/C12H18ClN3O2/c1-12(2,17)8-10-14-9(13)7-11(15-10)16-3-5-18-6-4-16/h7,17H,3-6,8H2,1-2H3. The van der Waals surface area contributed by atoms with E-state index in [0.29, 0.717) is 30.6 Å². The molecule has 100 valence electrons. The molecule has 0 saturated carbocycles. The molecule has 0 amide bonds. The zero-order valence-electron chi connectivity index (χ0n) is 10.7. The normalized spacial score (nSPS) is 17.0. The van der Waals surface area contributed by atoms with Crippen molar-refractivity contribution in [2.24, 2.45) is 0 Å². The lowest BCUT2D eigenvalue weighted by Gasteiger charge is -2.28. The summed E-state index contributed by atoms with van der Waals surface area (Å²) in [6.45, 7) is 6.45. The Hall–Kier alpha value is -0.910. The number of hydrogen-bond acceptors (Lipinski definition) is 5. The van der Waals surface area contributed by atoms with Crippen molar-refractivity contribution in [3.05, 3.63) is 17.0 Å². The highest BCUT2D eigenvalue weighted by Crippen LogP contribution is 2.19. The molecule has 1 aliphatic rings. The SMILES string of the molecule is CC(C)(O)Cc1nc(Cl)cc(N2CCOCC2)n1. The zero-order chi connectivity index (χ0) is 13.2. The van der Waals surface area contributed by atoms with E-state index in [-0.39, 0.29) is 0 Å². The lowest BCUT2D eigenvalue weighted by atomic mass is 10.1. The van der Waals surface area contributed by atoms with E-state index in [0.717, 1.165) is 18.9 Å². The number of nitrogens with zero attached hydrogens (tertiary/aromatic N) is 3. The quantitative estimate of drug-likeness (QED) is 0.840. The third-order valence-corrected chi connectivity index (χ3v) is 2.85. The van der Waals surface area contributed by atoms with E-state index in [1.165, 1.54) is 0 Å². The van der Waals surface area contributed by atoms with Gasteiger partial charge >= 0.3 is 0 Å². The number of morpholine rings is 1. The van der Waals surface area contributed by atoms with Gasteiger partial charge in [-0.05, 0) is 13.8 Å². The molecule has 2 heterocycles. The van der Waals surface area contributed by atoms with E-state index in [1.807, 2.05) is 0 Å². The van der Waals surface area contributed by atoms with Crippen molar-refractivity contribution in [1.29, 1.82) is 0 Å². The summed E-state index contributed by atoms with van der Waals surface area (Å²) >= 11 is 6.01. The predicted molar refractivity (Wildman–Crippen MR) is 70.1 cm³/mol. The fraction of sp³-hybridized carbons (Fsp3) is 0.667. The number of ether oxygens (including phenoxy) is 1. The van der Waals surface area contributed by atoms with Gasteiger partial charge in [0.25, 0.3) is 0 Å². The molecular weight excluding hydrogens is 254 g/mol. The van der Waals surface area contributed by atoms with Crippen LogP contribution in [0.4, 0.5) is 5.82 Å². The van der Waals surface area contributed by atoms with Gasteiger partial charge in [-0.1, -0.05) is 11.6 Å². The summed E-state index contributed by atoms with van der Waals surface area (Å²) in [6.07, 6.45) is 0.380. The fourth-order valence-electron chi connectivity index (χ4n) is 1.87. The van der Waals surface area contributed by atoms with Crippen LogP contribution < -0.4 is 4.90 Å². The molecule has 1 saturated heterocycles. The van der Waals surface area contributed by atoms with Gasteiger partial charge in [0, 0.05) is 25.6 Å². The van der Waals surface area contributed by atoms with E-state index in [9.17, 15) is 5.11 Å². The van der Waals surface area contributed by atoms with Crippen LogP contribution in [0.25, 0.3) is 0 Å². The summed E-state index contributed by atoms with van der Waals surface area (Å²) in [5, 5.41) is 10.2. The van der Waals surface area contributed by atoms with Gasteiger partial charge in [-0.3, -0.25) is 0 Å². The molecule has 18 heavy (non-hydrogen) atoms. The van der Waals surface area contributed by atoms with Gasteiger partial charge in [0.1, 0.15) is 16.8 Å². The zero-order valence-corrected chi connectivity index (χ0v) is 11.4. The van der Waals surface area contributed by atoms with Gasteiger partial charge in [0.15, 0.2) is 0 Å².